The molecule has 2 fully saturated rings. The van der Waals surface area contributed by atoms with Crippen molar-refractivity contribution in [3.8, 4) is 0 Å². The molecule has 0 heterocycles. The van der Waals surface area contributed by atoms with E-state index in [-0.39, 0.29) is 18.4 Å². The number of carbonyl (C=O) groups is 2. The minimum Gasteiger partial charge on any atom is -0.480 e. The number of amides is 1. The number of hydrogen-bond acceptors (Lipinski definition) is 3. The van der Waals surface area contributed by atoms with Crippen LogP contribution in [0.25, 0.3) is 0 Å². The number of carbonyl (C=O) groups excluding carboxylic acids is 1. The maximum absolute atomic E-state index is 11.3. The van der Waals surface area contributed by atoms with Crippen LogP contribution in [-0.4, -0.2) is 35.6 Å². The summed E-state index contributed by atoms with van der Waals surface area (Å²) in [6.07, 6.45) is 4.01. The molecule has 0 aliphatic heterocycles. The average molecular weight is 212 g/mol. The Balaban J connectivity index is 1.69. The second-order valence-electron chi connectivity index (χ2n) is 4.38. The summed E-state index contributed by atoms with van der Waals surface area (Å²) in [7, 11) is 0. The summed E-state index contributed by atoms with van der Waals surface area (Å²) in [5, 5.41) is 14.5. The van der Waals surface area contributed by atoms with Gasteiger partial charge in [0.25, 0.3) is 0 Å². The molecule has 84 valence electrons. The minimum absolute atomic E-state index is 0.0931. The van der Waals surface area contributed by atoms with Crippen LogP contribution in [0.3, 0.4) is 0 Å². The summed E-state index contributed by atoms with van der Waals surface area (Å²) in [6, 6.07) is -0.210. The molecule has 0 aromatic rings. The molecule has 3 N–H and O–H groups in total. The topological polar surface area (TPSA) is 78.4 Å². The predicted molar refractivity (Wildman–Crippen MR) is 53.3 cm³/mol. The molecule has 0 aromatic carbocycles. The Kier molecular flexibility index (Phi) is 2.90. The number of rotatable bonds is 6. The maximum Gasteiger partial charge on any atom is 0.320 e. The molecule has 0 aromatic heterocycles. The first kappa shape index (κ1) is 10.4. The zero-order valence-corrected chi connectivity index (χ0v) is 8.53. The minimum atomic E-state index is -0.850. The number of nitrogens with one attached hydrogen (secondary N) is 2. The highest BCUT2D eigenvalue weighted by atomic mass is 16.4. The second-order valence-corrected chi connectivity index (χ2v) is 4.38. The van der Waals surface area contributed by atoms with Crippen molar-refractivity contribution < 1.29 is 14.7 Å². The lowest BCUT2D eigenvalue weighted by Gasteiger charge is -2.12. The van der Waals surface area contributed by atoms with Crippen LogP contribution >= 0.6 is 0 Å². The van der Waals surface area contributed by atoms with Crippen molar-refractivity contribution in [3.63, 3.8) is 0 Å². The van der Waals surface area contributed by atoms with Crippen molar-refractivity contribution in [1.29, 1.82) is 0 Å². The normalized spacial score (nSPS) is 22.1. The van der Waals surface area contributed by atoms with E-state index in [0.29, 0.717) is 6.04 Å². The van der Waals surface area contributed by atoms with E-state index < -0.39 is 12.0 Å². The number of carboxylic acids is 1. The highest BCUT2D eigenvalue weighted by Gasteiger charge is 2.36. The fourth-order valence-corrected chi connectivity index (χ4v) is 1.59. The molecule has 5 nitrogen and oxygen atoms in total. The summed E-state index contributed by atoms with van der Waals surface area (Å²) in [6.45, 7) is 0.115. The first-order chi connectivity index (χ1) is 7.16. The van der Waals surface area contributed by atoms with Crippen molar-refractivity contribution in [2.45, 2.75) is 37.8 Å². The van der Waals surface area contributed by atoms with Gasteiger partial charge in [-0.05, 0) is 31.6 Å². The van der Waals surface area contributed by atoms with Crippen molar-refractivity contribution in [2.75, 3.05) is 6.54 Å². The summed E-state index contributed by atoms with van der Waals surface area (Å²) in [4.78, 5) is 22.1. The van der Waals surface area contributed by atoms with Gasteiger partial charge in [0.1, 0.15) is 6.04 Å². The van der Waals surface area contributed by atoms with Crippen LogP contribution in [0.2, 0.25) is 0 Å². The summed E-state index contributed by atoms with van der Waals surface area (Å²) >= 11 is 0. The number of aliphatic carboxylic acids is 1. The van der Waals surface area contributed by atoms with Gasteiger partial charge >= 0.3 is 5.97 Å². The van der Waals surface area contributed by atoms with Crippen LogP contribution in [0.1, 0.15) is 25.7 Å². The fourth-order valence-electron chi connectivity index (χ4n) is 1.59. The Morgan fingerprint density at radius 3 is 2.40 bits per heavy atom. The van der Waals surface area contributed by atoms with Gasteiger partial charge in [0.2, 0.25) is 5.91 Å². The zero-order valence-electron chi connectivity index (χ0n) is 8.53. The van der Waals surface area contributed by atoms with Crippen LogP contribution in [0.15, 0.2) is 0 Å². The lowest BCUT2D eigenvalue weighted by molar-refractivity contribution is -0.140. The van der Waals surface area contributed by atoms with Gasteiger partial charge in [0.15, 0.2) is 0 Å². The van der Waals surface area contributed by atoms with E-state index in [1.807, 2.05) is 0 Å². The van der Waals surface area contributed by atoms with Gasteiger partial charge in [-0.15, -0.1) is 0 Å². The van der Waals surface area contributed by atoms with Crippen LogP contribution < -0.4 is 10.6 Å². The van der Waals surface area contributed by atoms with Crippen molar-refractivity contribution >= 4 is 11.9 Å². The quantitative estimate of drug-likeness (QED) is 0.565. The van der Waals surface area contributed by atoms with E-state index in [4.69, 9.17) is 5.11 Å². The van der Waals surface area contributed by atoms with Gasteiger partial charge in [0.05, 0.1) is 6.54 Å². The molecule has 2 aliphatic carbocycles. The van der Waals surface area contributed by atoms with E-state index in [9.17, 15) is 9.59 Å². The third kappa shape index (κ3) is 3.20. The Morgan fingerprint density at radius 1 is 1.27 bits per heavy atom. The molecule has 0 radical (unpaired) electrons. The number of hydrogen-bond donors (Lipinski definition) is 3. The van der Waals surface area contributed by atoms with Gasteiger partial charge in [-0.2, -0.15) is 0 Å². The average Bonchev–Trinajstić information content (AvgIpc) is 2.96. The first-order valence-corrected chi connectivity index (χ1v) is 5.42. The molecular formula is C10H16N2O3. The van der Waals surface area contributed by atoms with Gasteiger partial charge in [-0.25, -0.2) is 0 Å². The fraction of sp³-hybridized carbons (Fsp3) is 0.800. The smallest absolute Gasteiger partial charge is 0.320 e. The molecule has 1 unspecified atom stereocenters. The highest BCUT2D eigenvalue weighted by Crippen LogP contribution is 2.32. The maximum atomic E-state index is 11.3. The van der Waals surface area contributed by atoms with Crippen LogP contribution in [0.4, 0.5) is 0 Å². The molecule has 0 spiro atoms. The number of carboxylic acid groups (broad SMARTS) is 1. The largest absolute Gasteiger partial charge is 0.480 e. The van der Waals surface area contributed by atoms with Gasteiger partial charge < -0.3 is 10.4 Å². The monoisotopic (exact) mass is 212 g/mol. The molecule has 1 amide bonds. The molecular weight excluding hydrogens is 196 g/mol. The van der Waals surface area contributed by atoms with Gasteiger partial charge in [0, 0.05) is 6.04 Å². The van der Waals surface area contributed by atoms with Crippen molar-refractivity contribution in [2.24, 2.45) is 5.92 Å². The van der Waals surface area contributed by atoms with Crippen molar-refractivity contribution in [3.05, 3.63) is 0 Å². The Hall–Kier alpha value is -1.10. The molecule has 2 saturated carbocycles. The van der Waals surface area contributed by atoms with Gasteiger partial charge in [-0.1, -0.05) is 0 Å². The van der Waals surface area contributed by atoms with Crippen LogP contribution in [0, 0.1) is 5.92 Å². The van der Waals surface area contributed by atoms with E-state index >= 15 is 0 Å². The molecule has 5 heteroatoms. The Labute approximate surface area is 88.2 Å². The summed E-state index contributed by atoms with van der Waals surface area (Å²) in [5.74, 6) is -0.725. The molecule has 0 bridgehead atoms. The van der Waals surface area contributed by atoms with E-state index in [1.54, 1.807) is 0 Å². The zero-order chi connectivity index (χ0) is 10.8. The lowest BCUT2D eigenvalue weighted by atomic mass is 10.2. The molecule has 15 heavy (non-hydrogen) atoms. The van der Waals surface area contributed by atoms with E-state index in [0.717, 1.165) is 25.7 Å². The summed E-state index contributed by atoms with van der Waals surface area (Å²) in [5.41, 5.74) is 0. The predicted octanol–water partition coefficient (Wildman–Crippen LogP) is -0.282. The standard InChI is InChI=1S/C10H16N2O3/c13-8(12-7-3-4-7)5-11-9(10(14)15)6-1-2-6/h6-7,9,11H,1-5H2,(H,12,13)(H,14,15). The van der Waals surface area contributed by atoms with E-state index in [1.165, 1.54) is 0 Å². The van der Waals surface area contributed by atoms with E-state index in [2.05, 4.69) is 10.6 Å². The molecule has 1 atom stereocenters. The molecule has 0 saturated heterocycles. The summed E-state index contributed by atoms with van der Waals surface area (Å²) < 4.78 is 0. The second kappa shape index (κ2) is 4.18. The Bertz CT molecular complexity index is 272. The first-order valence-electron chi connectivity index (χ1n) is 5.42. The highest BCUT2D eigenvalue weighted by molar-refractivity contribution is 5.80. The van der Waals surface area contributed by atoms with Crippen LogP contribution in [0.5, 0.6) is 0 Å². The molecule has 2 rings (SSSR count). The van der Waals surface area contributed by atoms with Crippen molar-refractivity contribution in [1.82, 2.24) is 10.6 Å². The third-order valence-electron chi connectivity index (χ3n) is 2.78. The van der Waals surface area contributed by atoms with Gasteiger partial charge in [-0.3, -0.25) is 14.9 Å². The SMILES string of the molecule is O=C(CNC(C(=O)O)C1CC1)NC1CC1. The Morgan fingerprint density at radius 2 is 1.93 bits per heavy atom. The van der Waals surface area contributed by atoms with Crippen LogP contribution in [-0.2, 0) is 9.59 Å². The molecule has 2 aliphatic rings. The third-order valence-corrected chi connectivity index (χ3v) is 2.78. The lowest BCUT2D eigenvalue weighted by Crippen LogP contribution is -2.44.